The molecule has 1 saturated heterocycles. The summed E-state index contributed by atoms with van der Waals surface area (Å²) in [6.45, 7) is 1.45. The highest BCUT2D eigenvalue weighted by Gasteiger charge is 2.25. The molecule has 0 bridgehead atoms. The minimum atomic E-state index is -0.702. The number of carboxylic acids is 1. The van der Waals surface area contributed by atoms with E-state index in [0.717, 1.165) is 35.4 Å². The molecular formula is C18H17ClN4O2. The number of carboxylic acid groups (broad SMARTS) is 1. The number of nitrogens with one attached hydrogen (secondary N) is 1. The molecule has 3 aromatic rings. The lowest BCUT2D eigenvalue weighted by Gasteiger charge is -2.32. The first-order valence-electron chi connectivity index (χ1n) is 8.19. The Balaban J connectivity index is 1.64. The standard InChI is InChI=1S/C18H17ClN4O2/c19-14-2-1-12(23-7-4-11(5-8-23)18(24)25)9-13(14)17-21-15-3-6-20-10-16(15)22-17/h1-3,6,9-11H,4-5,7-8H2,(H,21,22)(H,24,25). The summed E-state index contributed by atoms with van der Waals surface area (Å²) in [5.74, 6) is -0.242. The van der Waals surface area contributed by atoms with E-state index in [9.17, 15) is 4.79 Å². The molecule has 7 heteroatoms. The fraction of sp³-hybridized carbons (Fsp3) is 0.278. The van der Waals surface area contributed by atoms with Gasteiger partial charge in [-0.3, -0.25) is 9.78 Å². The Labute approximate surface area is 149 Å². The number of halogens is 1. The predicted molar refractivity (Wildman–Crippen MR) is 96.9 cm³/mol. The van der Waals surface area contributed by atoms with Crippen molar-refractivity contribution in [1.29, 1.82) is 0 Å². The van der Waals surface area contributed by atoms with Crippen molar-refractivity contribution < 1.29 is 9.90 Å². The number of benzene rings is 1. The van der Waals surface area contributed by atoms with Crippen LogP contribution in [-0.4, -0.2) is 39.1 Å². The number of carbonyl (C=O) groups is 1. The van der Waals surface area contributed by atoms with Crippen LogP contribution >= 0.6 is 11.6 Å². The van der Waals surface area contributed by atoms with Gasteiger partial charge in [-0.05, 0) is 37.1 Å². The third kappa shape index (κ3) is 3.05. The van der Waals surface area contributed by atoms with E-state index < -0.39 is 5.97 Å². The van der Waals surface area contributed by atoms with E-state index in [2.05, 4.69) is 19.9 Å². The van der Waals surface area contributed by atoms with Gasteiger partial charge in [0, 0.05) is 30.5 Å². The van der Waals surface area contributed by atoms with Gasteiger partial charge in [0.15, 0.2) is 0 Å². The summed E-state index contributed by atoms with van der Waals surface area (Å²) in [4.78, 5) is 25.2. The zero-order valence-electron chi connectivity index (χ0n) is 13.4. The highest BCUT2D eigenvalue weighted by molar-refractivity contribution is 6.33. The van der Waals surface area contributed by atoms with Crippen LogP contribution in [0.3, 0.4) is 0 Å². The lowest BCUT2D eigenvalue weighted by atomic mass is 9.96. The minimum absolute atomic E-state index is 0.245. The van der Waals surface area contributed by atoms with Gasteiger partial charge in [-0.1, -0.05) is 11.6 Å². The number of nitrogens with zero attached hydrogens (tertiary/aromatic N) is 3. The van der Waals surface area contributed by atoms with Crippen LogP contribution in [0.1, 0.15) is 12.8 Å². The monoisotopic (exact) mass is 356 g/mol. The molecule has 0 amide bonds. The van der Waals surface area contributed by atoms with Crippen molar-refractivity contribution in [3.8, 4) is 11.4 Å². The number of H-pyrrole nitrogens is 1. The summed E-state index contributed by atoms with van der Waals surface area (Å²) in [5, 5.41) is 9.76. The fourth-order valence-electron chi connectivity index (χ4n) is 3.26. The molecule has 2 aromatic heterocycles. The molecule has 1 aliphatic rings. The minimum Gasteiger partial charge on any atom is -0.481 e. The summed E-state index contributed by atoms with van der Waals surface area (Å²) in [6, 6.07) is 7.69. The first-order chi connectivity index (χ1) is 12.1. The molecule has 1 aromatic carbocycles. The topological polar surface area (TPSA) is 82.1 Å². The second-order valence-electron chi connectivity index (χ2n) is 6.24. The number of aliphatic carboxylic acids is 1. The second kappa shape index (κ2) is 6.37. The Hall–Kier alpha value is -2.60. The first-order valence-corrected chi connectivity index (χ1v) is 8.57. The largest absolute Gasteiger partial charge is 0.481 e. The summed E-state index contributed by atoms with van der Waals surface area (Å²) in [6.07, 6.45) is 4.76. The number of piperidine rings is 1. The number of aromatic amines is 1. The second-order valence-corrected chi connectivity index (χ2v) is 6.65. The highest BCUT2D eigenvalue weighted by atomic mass is 35.5. The molecule has 0 unspecified atom stereocenters. The number of hydrogen-bond donors (Lipinski definition) is 2. The molecule has 0 radical (unpaired) electrons. The number of imidazole rings is 1. The van der Waals surface area contributed by atoms with Crippen molar-refractivity contribution in [2.24, 2.45) is 5.92 Å². The first kappa shape index (κ1) is 15.9. The van der Waals surface area contributed by atoms with E-state index in [1.165, 1.54) is 0 Å². The summed E-state index contributed by atoms with van der Waals surface area (Å²) in [7, 11) is 0. The molecular weight excluding hydrogens is 340 g/mol. The Bertz CT molecular complexity index is 899. The maximum Gasteiger partial charge on any atom is 0.306 e. The van der Waals surface area contributed by atoms with Crippen molar-refractivity contribution in [3.05, 3.63) is 41.7 Å². The number of fused-ring (bicyclic) bond motifs is 1. The fourth-order valence-corrected chi connectivity index (χ4v) is 3.47. The van der Waals surface area contributed by atoms with Crippen molar-refractivity contribution in [2.75, 3.05) is 18.0 Å². The lowest BCUT2D eigenvalue weighted by Crippen LogP contribution is -2.36. The van der Waals surface area contributed by atoms with E-state index in [1.54, 1.807) is 12.4 Å². The lowest BCUT2D eigenvalue weighted by molar-refractivity contribution is -0.142. The van der Waals surface area contributed by atoms with Crippen LogP contribution in [0.15, 0.2) is 36.7 Å². The van der Waals surface area contributed by atoms with Gasteiger partial charge >= 0.3 is 5.97 Å². The average molecular weight is 357 g/mol. The van der Waals surface area contributed by atoms with Crippen LogP contribution in [0.5, 0.6) is 0 Å². The van der Waals surface area contributed by atoms with E-state index in [-0.39, 0.29) is 5.92 Å². The molecule has 25 heavy (non-hydrogen) atoms. The number of aromatic nitrogens is 3. The smallest absolute Gasteiger partial charge is 0.306 e. The van der Waals surface area contributed by atoms with Crippen molar-refractivity contribution >= 4 is 34.3 Å². The van der Waals surface area contributed by atoms with Gasteiger partial charge in [-0.15, -0.1) is 0 Å². The molecule has 6 nitrogen and oxygen atoms in total. The molecule has 0 aliphatic carbocycles. The number of pyridine rings is 1. The third-order valence-corrected chi connectivity index (χ3v) is 5.03. The van der Waals surface area contributed by atoms with Crippen LogP contribution in [0.4, 0.5) is 5.69 Å². The molecule has 2 N–H and O–H groups in total. The molecule has 1 aliphatic heterocycles. The molecule has 3 heterocycles. The summed E-state index contributed by atoms with van der Waals surface area (Å²) >= 11 is 6.39. The third-order valence-electron chi connectivity index (χ3n) is 4.70. The number of rotatable bonds is 3. The van der Waals surface area contributed by atoms with Crippen molar-refractivity contribution in [3.63, 3.8) is 0 Å². The Morgan fingerprint density at radius 3 is 2.80 bits per heavy atom. The molecule has 0 spiro atoms. The van der Waals surface area contributed by atoms with Crippen molar-refractivity contribution in [1.82, 2.24) is 15.0 Å². The highest BCUT2D eigenvalue weighted by Crippen LogP contribution is 2.33. The van der Waals surface area contributed by atoms with Gasteiger partial charge in [0.05, 0.1) is 28.2 Å². The molecule has 128 valence electrons. The molecule has 1 fully saturated rings. The van der Waals surface area contributed by atoms with Crippen molar-refractivity contribution in [2.45, 2.75) is 12.8 Å². The predicted octanol–water partition coefficient (Wildman–Crippen LogP) is 3.58. The molecule has 0 atom stereocenters. The van der Waals surface area contributed by atoms with Crippen LogP contribution in [-0.2, 0) is 4.79 Å². The van der Waals surface area contributed by atoms with Crippen LogP contribution in [0.25, 0.3) is 22.4 Å². The molecule has 4 rings (SSSR count). The Kier molecular flexibility index (Phi) is 4.05. The van der Waals surface area contributed by atoms with E-state index in [1.807, 2.05) is 24.3 Å². The normalized spacial score (nSPS) is 15.6. The maximum atomic E-state index is 11.1. The Morgan fingerprint density at radius 2 is 2.08 bits per heavy atom. The van der Waals surface area contributed by atoms with Gasteiger partial charge in [0.2, 0.25) is 0 Å². The quantitative estimate of drug-likeness (QED) is 0.749. The van der Waals surface area contributed by atoms with Crippen LogP contribution in [0.2, 0.25) is 5.02 Å². The summed E-state index contributed by atoms with van der Waals surface area (Å²) in [5.41, 5.74) is 3.56. The zero-order valence-corrected chi connectivity index (χ0v) is 14.2. The zero-order chi connectivity index (χ0) is 17.4. The van der Waals surface area contributed by atoms with Gasteiger partial charge in [-0.2, -0.15) is 0 Å². The maximum absolute atomic E-state index is 11.1. The molecule has 0 saturated carbocycles. The van der Waals surface area contributed by atoms with Gasteiger partial charge in [-0.25, -0.2) is 4.98 Å². The summed E-state index contributed by atoms with van der Waals surface area (Å²) < 4.78 is 0. The SMILES string of the molecule is O=C(O)C1CCN(c2ccc(Cl)c(-c3nc4ccncc4[nH]3)c2)CC1. The Morgan fingerprint density at radius 1 is 1.28 bits per heavy atom. The van der Waals surface area contributed by atoms with Gasteiger partial charge < -0.3 is 15.0 Å². The van der Waals surface area contributed by atoms with Crippen LogP contribution < -0.4 is 4.90 Å². The van der Waals surface area contributed by atoms with E-state index in [4.69, 9.17) is 16.7 Å². The number of hydrogen-bond acceptors (Lipinski definition) is 4. The average Bonchev–Trinajstić information content (AvgIpc) is 3.06. The van der Waals surface area contributed by atoms with Crippen LogP contribution in [0, 0.1) is 5.92 Å². The van der Waals surface area contributed by atoms with Gasteiger partial charge in [0.25, 0.3) is 0 Å². The van der Waals surface area contributed by atoms with E-state index in [0.29, 0.717) is 23.7 Å². The number of anilines is 1. The van der Waals surface area contributed by atoms with E-state index >= 15 is 0 Å². The van der Waals surface area contributed by atoms with Gasteiger partial charge in [0.1, 0.15) is 5.82 Å².